The van der Waals surface area contributed by atoms with E-state index in [0.717, 1.165) is 12.6 Å². The molecule has 3 heteroatoms. The van der Waals surface area contributed by atoms with E-state index in [2.05, 4.69) is 23.8 Å². The van der Waals surface area contributed by atoms with Gasteiger partial charge in [0.25, 0.3) is 0 Å². The summed E-state index contributed by atoms with van der Waals surface area (Å²) in [5, 5.41) is 0. The Bertz CT molecular complexity index is 259. The molecule has 3 nitrogen and oxygen atoms in total. The van der Waals surface area contributed by atoms with Gasteiger partial charge in [-0.2, -0.15) is 0 Å². The molecule has 0 aromatic carbocycles. The van der Waals surface area contributed by atoms with Crippen LogP contribution in [-0.2, 0) is 0 Å². The lowest BCUT2D eigenvalue weighted by molar-refractivity contribution is -0.00184. The normalized spacial score (nSPS) is 30.8. The fourth-order valence-electron chi connectivity index (χ4n) is 4.03. The van der Waals surface area contributed by atoms with E-state index in [1.165, 1.54) is 71.0 Å². The number of nitrogens with two attached hydrogens (primary N) is 1. The van der Waals surface area contributed by atoms with E-state index in [1.54, 1.807) is 0 Å². The molecular formula is C16H33N3. The average molecular weight is 267 g/mol. The lowest BCUT2D eigenvalue weighted by Crippen LogP contribution is -2.62. The van der Waals surface area contributed by atoms with Crippen molar-refractivity contribution >= 4 is 0 Å². The summed E-state index contributed by atoms with van der Waals surface area (Å²) in [6.07, 6.45) is 10.9. The van der Waals surface area contributed by atoms with E-state index >= 15 is 0 Å². The molecule has 0 aromatic heterocycles. The first kappa shape index (κ1) is 15.3. The summed E-state index contributed by atoms with van der Waals surface area (Å²) in [5.41, 5.74) is 6.57. The minimum absolute atomic E-state index is 0.315. The zero-order valence-corrected chi connectivity index (χ0v) is 13.0. The minimum Gasteiger partial charge on any atom is -0.329 e. The molecule has 2 fully saturated rings. The van der Waals surface area contributed by atoms with Gasteiger partial charge in [0.1, 0.15) is 0 Å². The minimum atomic E-state index is 0.315. The Morgan fingerprint density at radius 1 is 1.05 bits per heavy atom. The summed E-state index contributed by atoms with van der Waals surface area (Å²) in [6, 6.07) is 0.725. The van der Waals surface area contributed by atoms with Crippen LogP contribution in [0.25, 0.3) is 0 Å². The molecule has 0 spiro atoms. The van der Waals surface area contributed by atoms with Gasteiger partial charge < -0.3 is 10.6 Å². The molecule has 0 aromatic rings. The van der Waals surface area contributed by atoms with E-state index < -0.39 is 0 Å². The van der Waals surface area contributed by atoms with E-state index in [4.69, 9.17) is 5.73 Å². The second-order valence-electron chi connectivity index (χ2n) is 6.68. The molecular weight excluding hydrogens is 234 g/mol. The predicted molar refractivity (Wildman–Crippen MR) is 82.4 cm³/mol. The summed E-state index contributed by atoms with van der Waals surface area (Å²) in [5.74, 6) is 0. The van der Waals surface area contributed by atoms with Gasteiger partial charge in [-0.15, -0.1) is 0 Å². The maximum absolute atomic E-state index is 6.26. The molecule has 1 aliphatic carbocycles. The van der Waals surface area contributed by atoms with E-state index in [1.807, 2.05) is 0 Å². The van der Waals surface area contributed by atoms with Crippen LogP contribution < -0.4 is 5.73 Å². The highest BCUT2D eigenvalue weighted by molar-refractivity contribution is 4.96. The number of hydrogen-bond acceptors (Lipinski definition) is 3. The van der Waals surface area contributed by atoms with Gasteiger partial charge in [-0.3, -0.25) is 4.90 Å². The van der Waals surface area contributed by atoms with Crippen molar-refractivity contribution in [2.24, 2.45) is 5.73 Å². The van der Waals surface area contributed by atoms with E-state index in [-0.39, 0.29) is 0 Å². The molecule has 1 aliphatic heterocycles. The molecule has 1 saturated carbocycles. The standard InChI is InChI=1S/C16H33N3/c1-3-15-13-19(12-11-18(15)2)16(14-17)9-7-5-4-6-8-10-16/h15H,3-14,17H2,1-2H3. The number of likely N-dealkylation sites (N-methyl/N-ethyl adjacent to an activating group) is 1. The summed E-state index contributed by atoms with van der Waals surface area (Å²) in [7, 11) is 2.28. The number of rotatable bonds is 3. The molecule has 2 N–H and O–H groups in total. The molecule has 0 amide bonds. The third-order valence-corrected chi connectivity index (χ3v) is 5.58. The maximum Gasteiger partial charge on any atom is 0.0332 e. The van der Waals surface area contributed by atoms with Gasteiger partial charge >= 0.3 is 0 Å². The lowest BCUT2D eigenvalue weighted by Gasteiger charge is -2.50. The third-order valence-electron chi connectivity index (χ3n) is 5.58. The topological polar surface area (TPSA) is 32.5 Å². The number of hydrogen-bond donors (Lipinski definition) is 1. The van der Waals surface area contributed by atoms with Gasteiger partial charge in [0.15, 0.2) is 0 Å². The zero-order valence-electron chi connectivity index (χ0n) is 13.0. The van der Waals surface area contributed by atoms with Crippen LogP contribution in [-0.4, -0.2) is 54.6 Å². The number of piperazine rings is 1. The van der Waals surface area contributed by atoms with Gasteiger partial charge in [0, 0.05) is 37.8 Å². The van der Waals surface area contributed by atoms with Gasteiger partial charge in [-0.1, -0.05) is 39.0 Å². The molecule has 19 heavy (non-hydrogen) atoms. The Morgan fingerprint density at radius 3 is 2.26 bits per heavy atom. The van der Waals surface area contributed by atoms with Crippen molar-refractivity contribution in [3.8, 4) is 0 Å². The summed E-state index contributed by atoms with van der Waals surface area (Å²) in [6.45, 7) is 6.82. The van der Waals surface area contributed by atoms with Crippen molar-refractivity contribution in [3.63, 3.8) is 0 Å². The Balaban J connectivity index is 2.06. The predicted octanol–water partition coefficient (Wildman–Crippen LogP) is 2.45. The third kappa shape index (κ3) is 3.50. The Hall–Kier alpha value is -0.120. The molecule has 1 unspecified atom stereocenters. The Kier molecular flexibility index (Phi) is 5.67. The lowest BCUT2D eigenvalue weighted by atomic mass is 9.81. The van der Waals surface area contributed by atoms with Crippen LogP contribution in [0.5, 0.6) is 0 Å². The maximum atomic E-state index is 6.26. The monoisotopic (exact) mass is 267 g/mol. The Labute approximate surface area is 119 Å². The molecule has 2 aliphatic rings. The quantitative estimate of drug-likeness (QED) is 0.852. The molecule has 2 rings (SSSR count). The van der Waals surface area contributed by atoms with Crippen molar-refractivity contribution in [1.29, 1.82) is 0 Å². The van der Waals surface area contributed by atoms with Crippen molar-refractivity contribution in [2.45, 2.75) is 69.9 Å². The second kappa shape index (κ2) is 7.05. The molecule has 0 bridgehead atoms. The smallest absolute Gasteiger partial charge is 0.0332 e. The first-order valence-corrected chi connectivity index (χ1v) is 8.37. The van der Waals surface area contributed by atoms with Gasteiger partial charge in [0.2, 0.25) is 0 Å². The molecule has 1 saturated heterocycles. The first-order valence-electron chi connectivity index (χ1n) is 8.37. The zero-order chi connectivity index (χ0) is 13.7. The summed E-state index contributed by atoms with van der Waals surface area (Å²) >= 11 is 0. The fourth-order valence-corrected chi connectivity index (χ4v) is 4.03. The van der Waals surface area contributed by atoms with Crippen LogP contribution in [0.4, 0.5) is 0 Å². The highest BCUT2D eigenvalue weighted by Crippen LogP contribution is 2.32. The van der Waals surface area contributed by atoms with Crippen LogP contribution in [0.15, 0.2) is 0 Å². The van der Waals surface area contributed by atoms with Crippen molar-refractivity contribution in [2.75, 3.05) is 33.2 Å². The Morgan fingerprint density at radius 2 is 1.68 bits per heavy atom. The largest absolute Gasteiger partial charge is 0.329 e. The van der Waals surface area contributed by atoms with E-state index in [0.29, 0.717) is 5.54 Å². The molecule has 1 atom stereocenters. The van der Waals surface area contributed by atoms with Gasteiger partial charge in [0.05, 0.1) is 0 Å². The SMILES string of the molecule is CCC1CN(C2(CN)CCCCCCC2)CCN1C. The fraction of sp³-hybridized carbons (Fsp3) is 1.00. The van der Waals surface area contributed by atoms with E-state index in [9.17, 15) is 0 Å². The molecule has 1 heterocycles. The summed E-state index contributed by atoms with van der Waals surface area (Å²) < 4.78 is 0. The van der Waals surface area contributed by atoms with Crippen LogP contribution >= 0.6 is 0 Å². The average Bonchev–Trinajstić information content (AvgIpc) is 2.40. The van der Waals surface area contributed by atoms with Crippen LogP contribution in [0.1, 0.15) is 58.3 Å². The highest BCUT2D eigenvalue weighted by Gasteiger charge is 2.38. The van der Waals surface area contributed by atoms with Crippen molar-refractivity contribution < 1.29 is 0 Å². The van der Waals surface area contributed by atoms with Crippen molar-refractivity contribution in [1.82, 2.24) is 9.80 Å². The highest BCUT2D eigenvalue weighted by atomic mass is 15.3. The van der Waals surface area contributed by atoms with Gasteiger partial charge in [-0.25, -0.2) is 0 Å². The second-order valence-corrected chi connectivity index (χ2v) is 6.68. The molecule has 112 valence electrons. The van der Waals surface area contributed by atoms with Crippen LogP contribution in [0, 0.1) is 0 Å². The molecule has 0 radical (unpaired) electrons. The number of nitrogens with zero attached hydrogens (tertiary/aromatic N) is 2. The first-order chi connectivity index (χ1) is 9.22. The van der Waals surface area contributed by atoms with Crippen LogP contribution in [0.2, 0.25) is 0 Å². The summed E-state index contributed by atoms with van der Waals surface area (Å²) in [4.78, 5) is 5.29. The van der Waals surface area contributed by atoms with Crippen molar-refractivity contribution in [3.05, 3.63) is 0 Å². The van der Waals surface area contributed by atoms with Crippen LogP contribution in [0.3, 0.4) is 0 Å². The van der Waals surface area contributed by atoms with Gasteiger partial charge in [-0.05, 0) is 26.3 Å².